The number of aryl methyl sites for hydroxylation is 1. The number of carbonyl (C=O) groups excluding carboxylic acids is 1. The van der Waals surface area contributed by atoms with Crippen LogP contribution in [-0.2, 0) is 9.47 Å². The SMILES string of the molecule is COC(=O)N1CCOC(c2cc(C)nc3cc(C4CCC(C(F)(F)F)CC4)nn23)C1. The number of amides is 1. The second-order valence-electron chi connectivity index (χ2n) is 8.03. The normalized spacial score (nSPS) is 25.5. The summed E-state index contributed by atoms with van der Waals surface area (Å²) in [7, 11) is 1.34. The van der Waals surface area contributed by atoms with Crippen molar-refractivity contribution in [3.05, 3.63) is 29.2 Å². The minimum Gasteiger partial charge on any atom is -0.453 e. The van der Waals surface area contributed by atoms with Crippen LogP contribution in [0.2, 0.25) is 0 Å². The minimum atomic E-state index is -4.13. The third-order valence-corrected chi connectivity index (χ3v) is 6.04. The molecule has 2 fully saturated rings. The molecule has 2 aliphatic rings. The highest BCUT2D eigenvalue weighted by Gasteiger charge is 2.42. The van der Waals surface area contributed by atoms with Crippen LogP contribution in [-0.4, -0.2) is 58.6 Å². The summed E-state index contributed by atoms with van der Waals surface area (Å²) in [4.78, 5) is 18.0. The quantitative estimate of drug-likeness (QED) is 0.726. The summed E-state index contributed by atoms with van der Waals surface area (Å²) in [5.41, 5.74) is 2.94. The molecule has 1 saturated carbocycles. The van der Waals surface area contributed by atoms with E-state index in [-0.39, 0.29) is 18.8 Å². The Bertz CT molecular complexity index is 922. The van der Waals surface area contributed by atoms with E-state index in [1.54, 1.807) is 9.42 Å². The van der Waals surface area contributed by atoms with Gasteiger partial charge in [0.25, 0.3) is 0 Å². The van der Waals surface area contributed by atoms with Gasteiger partial charge in [-0.15, -0.1) is 0 Å². The molecule has 1 aliphatic heterocycles. The zero-order chi connectivity index (χ0) is 21.5. The van der Waals surface area contributed by atoms with Crippen LogP contribution in [0.5, 0.6) is 0 Å². The lowest BCUT2D eigenvalue weighted by Crippen LogP contribution is -2.42. The molecule has 7 nitrogen and oxygen atoms in total. The van der Waals surface area contributed by atoms with E-state index >= 15 is 0 Å². The average molecular weight is 426 g/mol. The Labute approximate surface area is 172 Å². The van der Waals surface area contributed by atoms with Gasteiger partial charge >= 0.3 is 12.3 Å². The van der Waals surface area contributed by atoms with Crippen LogP contribution < -0.4 is 0 Å². The number of ether oxygens (including phenoxy) is 2. The van der Waals surface area contributed by atoms with Crippen LogP contribution in [0.4, 0.5) is 18.0 Å². The Morgan fingerprint density at radius 2 is 1.97 bits per heavy atom. The van der Waals surface area contributed by atoms with Crippen LogP contribution in [0.15, 0.2) is 12.1 Å². The van der Waals surface area contributed by atoms with Crippen molar-refractivity contribution in [3.8, 4) is 0 Å². The summed E-state index contributed by atoms with van der Waals surface area (Å²) >= 11 is 0. The summed E-state index contributed by atoms with van der Waals surface area (Å²) in [6.07, 6.45) is -3.76. The monoisotopic (exact) mass is 426 g/mol. The van der Waals surface area contributed by atoms with Gasteiger partial charge in [0, 0.05) is 24.2 Å². The molecule has 1 amide bonds. The molecule has 2 aromatic rings. The van der Waals surface area contributed by atoms with Crippen molar-refractivity contribution in [2.45, 2.75) is 50.8 Å². The summed E-state index contributed by atoms with van der Waals surface area (Å²) in [5.74, 6) is -1.24. The standard InChI is InChI=1S/C20H25F3N4O3/c1-12-9-16(17-11-26(7-8-30-17)19(28)29-2)27-18(24-12)10-15(25-27)13-3-5-14(6-4-13)20(21,22)23/h9-10,13-14,17H,3-8,11H2,1-2H3. The zero-order valence-corrected chi connectivity index (χ0v) is 17.0. The summed E-state index contributed by atoms with van der Waals surface area (Å²) in [5, 5.41) is 4.69. The Morgan fingerprint density at radius 1 is 1.23 bits per heavy atom. The van der Waals surface area contributed by atoms with Gasteiger partial charge < -0.3 is 14.4 Å². The molecule has 0 N–H and O–H groups in total. The van der Waals surface area contributed by atoms with Gasteiger partial charge in [-0.1, -0.05) is 0 Å². The van der Waals surface area contributed by atoms with E-state index in [1.165, 1.54) is 7.11 Å². The number of carbonyl (C=O) groups is 1. The fraction of sp³-hybridized carbons (Fsp3) is 0.650. The van der Waals surface area contributed by atoms with Crippen LogP contribution in [0.25, 0.3) is 5.65 Å². The first-order valence-corrected chi connectivity index (χ1v) is 10.1. The molecule has 3 heterocycles. The van der Waals surface area contributed by atoms with Crippen molar-refractivity contribution >= 4 is 11.7 Å². The van der Waals surface area contributed by atoms with Crippen LogP contribution >= 0.6 is 0 Å². The van der Waals surface area contributed by atoms with E-state index in [9.17, 15) is 18.0 Å². The third kappa shape index (κ3) is 4.10. The maximum Gasteiger partial charge on any atom is 0.409 e. The van der Waals surface area contributed by atoms with Crippen molar-refractivity contribution in [1.29, 1.82) is 0 Å². The Balaban J connectivity index is 1.59. The molecule has 1 atom stereocenters. The highest BCUT2D eigenvalue weighted by atomic mass is 19.4. The number of alkyl halides is 3. The van der Waals surface area contributed by atoms with Crippen LogP contribution in [0, 0.1) is 12.8 Å². The molecular formula is C20H25F3N4O3. The number of rotatable bonds is 2. The summed E-state index contributed by atoms with van der Waals surface area (Å²) in [6.45, 7) is 3.02. The molecule has 0 aromatic carbocycles. The molecule has 1 saturated heterocycles. The average Bonchev–Trinajstić information content (AvgIpc) is 3.16. The van der Waals surface area contributed by atoms with Crippen molar-refractivity contribution in [2.75, 3.05) is 26.8 Å². The molecule has 1 aliphatic carbocycles. The number of morpholine rings is 1. The fourth-order valence-corrected chi connectivity index (χ4v) is 4.42. The molecule has 0 spiro atoms. The molecule has 0 bridgehead atoms. The molecule has 30 heavy (non-hydrogen) atoms. The van der Waals surface area contributed by atoms with E-state index in [0.717, 1.165) is 17.1 Å². The van der Waals surface area contributed by atoms with Crippen molar-refractivity contribution in [1.82, 2.24) is 19.5 Å². The number of hydrogen-bond donors (Lipinski definition) is 0. The lowest BCUT2D eigenvalue weighted by molar-refractivity contribution is -0.182. The van der Waals surface area contributed by atoms with Gasteiger partial charge in [0.05, 0.1) is 37.6 Å². The lowest BCUT2D eigenvalue weighted by atomic mass is 9.80. The molecule has 0 radical (unpaired) electrons. The van der Waals surface area contributed by atoms with Crippen LogP contribution in [0.3, 0.4) is 0 Å². The first kappa shape index (κ1) is 20.9. The van der Waals surface area contributed by atoms with Crippen molar-refractivity contribution in [2.24, 2.45) is 5.92 Å². The Morgan fingerprint density at radius 3 is 2.63 bits per heavy atom. The van der Waals surface area contributed by atoms with Gasteiger partial charge in [0.15, 0.2) is 5.65 Å². The van der Waals surface area contributed by atoms with E-state index in [4.69, 9.17) is 9.47 Å². The number of hydrogen-bond acceptors (Lipinski definition) is 5. The lowest BCUT2D eigenvalue weighted by Gasteiger charge is -2.32. The van der Waals surface area contributed by atoms with Gasteiger partial charge in [-0.25, -0.2) is 14.3 Å². The first-order chi connectivity index (χ1) is 14.3. The minimum absolute atomic E-state index is 0.0164. The molecule has 164 valence electrons. The smallest absolute Gasteiger partial charge is 0.409 e. The Hall–Kier alpha value is -2.36. The maximum absolute atomic E-state index is 13.0. The molecule has 4 rings (SSSR count). The predicted molar refractivity (Wildman–Crippen MR) is 101 cm³/mol. The molecule has 1 unspecified atom stereocenters. The number of nitrogens with zero attached hydrogens (tertiary/aromatic N) is 4. The number of aromatic nitrogens is 3. The third-order valence-electron chi connectivity index (χ3n) is 6.04. The summed E-state index contributed by atoms with van der Waals surface area (Å²) < 4.78 is 51.3. The van der Waals surface area contributed by atoms with Crippen molar-refractivity contribution in [3.63, 3.8) is 0 Å². The zero-order valence-electron chi connectivity index (χ0n) is 17.0. The highest BCUT2D eigenvalue weighted by Crippen LogP contribution is 2.42. The van der Waals surface area contributed by atoms with E-state index < -0.39 is 24.3 Å². The predicted octanol–water partition coefficient (Wildman–Crippen LogP) is 4.01. The largest absolute Gasteiger partial charge is 0.453 e. The van der Waals surface area contributed by atoms with Gasteiger partial charge in [-0.3, -0.25) is 0 Å². The van der Waals surface area contributed by atoms with Gasteiger partial charge in [0.2, 0.25) is 0 Å². The van der Waals surface area contributed by atoms with E-state index in [0.29, 0.717) is 38.2 Å². The summed E-state index contributed by atoms with van der Waals surface area (Å²) in [6, 6.07) is 3.73. The fourth-order valence-electron chi connectivity index (χ4n) is 4.42. The Kier molecular flexibility index (Phi) is 5.61. The molecular weight excluding hydrogens is 401 g/mol. The molecule has 10 heteroatoms. The second-order valence-corrected chi connectivity index (χ2v) is 8.03. The second kappa shape index (κ2) is 8.05. The molecule has 2 aromatic heterocycles. The van der Waals surface area contributed by atoms with Gasteiger partial charge in [0.1, 0.15) is 6.10 Å². The highest BCUT2D eigenvalue weighted by molar-refractivity contribution is 5.67. The maximum atomic E-state index is 13.0. The first-order valence-electron chi connectivity index (χ1n) is 10.1. The number of methoxy groups -OCH3 is 1. The van der Waals surface area contributed by atoms with Gasteiger partial charge in [-0.2, -0.15) is 18.3 Å². The topological polar surface area (TPSA) is 69.0 Å². The van der Waals surface area contributed by atoms with Crippen molar-refractivity contribution < 1.29 is 27.4 Å². The van der Waals surface area contributed by atoms with Crippen LogP contribution in [0.1, 0.15) is 54.8 Å². The number of fused-ring (bicyclic) bond motifs is 1. The van der Waals surface area contributed by atoms with Gasteiger partial charge in [-0.05, 0) is 38.7 Å². The van der Waals surface area contributed by atoms with E-state index in [2.05, 4.69) is 10.1 Å². The van der Waals surface area contributed by atoms with E-state index in [1.807, 2.05) is 19.1 Å². The number of halogens is 3.